The minimum Gasteiger partial charge on any atom is -0.381 e. The van der Waals surface area contributed by atoms with Gasteiger partial charge in [0.2, 0.25) is 5.91 Å². The van der Waals surface area contributed by atoms with Gasteiger partial charge in [-0.05, 0) is 50.5 Å². The fraction of sp³-hybridized carbons (Fsp3) is 0.789. The summed E-state index contributed by atoms with van der Waals surface area (Å²) in [7, 11) is 2.22. The Kier molecular flexibility index (Phi) is 5.11. The van der Waals surface area contributed by atoms with E-state index < -0.39 is 0 Å². The fourth-order valence-electron chi connectivity index (χ4n) is 4.64. The molecule has 1 spiro atoms. The summed E-state index contributed by atoms with van der Waals surface area (Å²) in [4.78, 5) is 21.5. The van der Waals surface area contributed by atoms with Gasteiger partial charge in [0.15, 0.2) is 0 Å². The minimum absolute atomic E-state index is 0.357. The maximum absolute atomic E-state index is 12.5. The number of nitrogens with zero attached hydrogens (tertiary/aromatic N) is 3. The second kappa shape index (κ2) is 7.33. The largest absolute Gasteiger partial charge is 0.381 e. The van der Waals surface area contributed by atoms with E-state index in [1.54, 1.807) is 11.3 Å². The van der Waals surface area contributed by atoms with E-state index in [1.165, 1.54) is 11.4 Å². The molecule has 1 aromatic heterocycles. The number of thiazole rings is 1. The Morgan fingerprint density at radius 1 is 1.48 bits per heavy atom. The summed E-state index contributed by atoms with van der Waals surface area (Å²) in [6.45, 7) is 4.57. The van der Waals surface area contributed by atoms with Crippen LogP contribution in [0.25, 0.3) is 0 Å². The lowest BCUT2D eigenvalue weighted by Gasteiger charge is -2.34. The maximum Gasteiger partial charge on any atom is 0.222 e. The molecule has 2 atom stereocenters. The molecule has 2 saturated heterocycles. The normalized spacial score (nSPS) is 28.0. The maximum atomic E-state index is 12.5. The van der Waals surface area contributed by atoms with Gasteiger partial charge in [-0.1, -0.05) is 0 Å². The Hall–Kier alpha value is -0.980. The van der Waals surface area contributed by atoms with Crippen molar-refractivity contribution in [1.29, 1.82) is 0 Å². The van der Waals surface area contributed by atoms with Crippen LogP contribution in [-0.4, -0.2) is 60.1 Å². The first kappa shape index (κ1) is 17.4. The molecule has 1 aliphatic carbocycles. The second-order valence-electron chi connectivity index (χ2n) is 8.07. The standard InChI is InChI=1S/C19H29N3O2S/c1-21(13-17-20-7-11-25-17)16-12-19(16)5-8-22(9-6-19)18(23)3-2-15-4-10-24-14-15/h7,11,15-16H,2-6,8-10,12-14H2,1H3/t15-,16-/m1/s1. The Morgan fingerprint density at radius 3 is 3.00 bits per heavy atom. The summed E-state index contributed by atoms with van der Waals surface area (Å²) < 4.78 is 5.41. The van der Waals surface area contributed by atoms with Gasteiger partial charge in [-0.2, -0.15) is 0 Å². The number of amides is 1. The summed E-state index contributed by atoms with van der Waals surface area (Å²) >= 11 is 1.74. The van der Waals surface area contributed by atoms with E-state index in [1.807, 2.05) is 11.6 Å². The molecule has 2 aliphatic heterocycles. The first-order chi connectivity index (χ1) is 12.2. The Labute approximate surface area is 154 Å². The zero-order chi connectivity index (χ0) is 17.3. The van der Waals surface area contributed by atoms with Crippen LogP contribution in [0.15, 0.2) is 11.6 Å². The highest BCUT2D eigenvalue weighted by atomic mass is 32.1. The lowest BCUT2D eigenvalue weighted by Crippen LogP contribution is -2.41. The smallest absolute Gasteiger partial charge is 0.222 e. The molecule has 0 aromatic carbocycles. The molecular weight excluding hydrogens is 334 g/mol. The number of piperidine rings is 1. The second-order valence-corrected chi connectivity index (χ2v) is 9.05. The predicted molar refractivity (Wildman–Crippen MR) is 98.4 cm³/mol. The van der Waals surface area contributed by atoms with Gasteiger partial charge in [-0.25, -0.2) is 4.98 Å². The topological polar surface area (TPSA) is 45.7 Å². The zero-order valence-corrected chi connectivity index (χ0v) is 16.0. The number of aromatic nitrogens is 1. The molecule has 0 N–H and O–H groups in total. The number of carbonyl (C=O) groups excluding carboxylic acids is 1. The third-order valence-electron chi connectivity index (χ3n) is 6.45. The van der Waals surface area contributed by atoms with Crippen LogP contribution in [0.5, 0.6) is 0 Å². The molecule has 1 saturated carbocycles. The highest BCUT2D eigenvalue weighted by Crippen LogP contribution is 2.56. The third-order valence-corrected chi connectivity index (χ3v) is 7.21. The van der Waals surface area contributed by atoms with Crippen molar-refractivity contribution in [3.05, 3.63) is 16.6 Å². The van der Waals surface area contributed by atoms with Crippen LogP contribution in [0.3, 0.4) is 0 Å². The molecule has 3 heterocycles. The van der Waals surface area contributed by atoms with E-state index in [0.717, 1.165) is 58.5 Å². The van der Waals surface area contributed by atoms with Crippen molar-refractivity contribution in [1.82, 2.24) is 14.8 Å². The Bertz CT molecular complexity index is 577. The van der Waals surface area contributed by atoms with Crippen LogP contribution < -0.4 is 0 Å². The summed E-state index contributed by atoms with van der Waals surface area (Å²) in [6.07, 6.45) is 8.34. The monoisotopic (exact) mass is 363 g/mol. The van der Waals surface area contributed by atoms with Crippen LogP contribution in [-0.2, 0) is 16.1 Å². The molecule has 138 valence electrons. The van der Waals surface area contributed by atoms with Crippen LogP contribution in [0, 0.1) is 11.3 Å². The van der Waals surface area contributed by atoms with Crippen LogP contribution in [0.1, 0.15) is 43.5 Å². The van der Waals surface area contributed by atoms with Crippen molar-refractivity contribution in [3.63, 3.8) is 0 Å². The molecule has 6 heteroatoms. The van der Waals surface area contributed by atoms with Crippen molar-refractivity contribution in [3.8, 4) is 0 Å². The predicted octanol–water partition coefficient (Wildman–Crippen LogP) is 2.77. The van der Waals surface area contributed by atoms with Crippen molar-refractivity contribution in [2.75, 3.05) is 33.4 Å². The van der Waals surface area contributed by atoms with Gasteiger partial charge in [0, 0.05) is 50.3 Å². The average molecular weight is 364 g/mol. The van der Waals surface area contributed by atoms with E-state index in [-0.39, 0.29) is 0 Å². The van der Waals surface area contributed by atoms with Gasteiger partial charge in [0.05, 0.1) is 6.54 Å². The lowest BCUT2D eigenvalue weighted by molar-refractivity contribution is -0.133. The number of ether oxygens (including phenoxy) is 1. The molecule has 0 bridgehead atoms. The summed E-state index contributed by atoms with van der Waals surface area (Å²) in [5.74, 6) is 0.961. The number of hydrogen-bond acceptors (Lipinski definition) is 5. The molecule has 0 unspecified atom stereocenters. The third kappa shape index (κ3) is 3.91. The van der Waals surface area contributed by atoms with Crippen LogP contribution >= 0.6 is 11.3 Å². The molecule has 3 aliphatic rings. The van der Waals surface area contributed by atoms with Gasteiger partial charge >= 0.3 is 0 Å². The molecule has 1 amide bonds. The molecule has 3 fully saturated rings. The van der Waals surface area contributed by atoms with Crippen molar-refractivity contribution in [2.24, 2.45) is 11.3 Å². The first-order valence-electron chi connectivity index (χ1n) is 9.60. The van der Waals surface area contributed by atoms with Gasteiger partial charge in [0.1, 0.15) is 5.01 Å². The molecule has 0 radical (unpaired) electrons. The summed E-state index contributed by atoms with van der Waals surface area (Å²) in [6, 6.07) is 0.671. The summed E-state index contributed by atoms with van der Waals surface area (Å²) in [5, 5.41) is 3.25. The van der Waals surface area contributed by atoms with Crippen molar-refractivity contribution >= 4 is 17.2 Å². The van der Waals surface area contributed by atoms with E-state index in [2.05, 4.69) is 21.8 Å². The Morgan fingerprint density at radius 2 is 2.32 bits per heavy atom. The van der Waals surface area contributed by atoms with Gasteiger partial charge in [0.25, 0.3) is 0 Å². The quantitative estimate of drug-likeness (QED) is 0.780. The van der Waals surface area contributed by atoms with Crippen LogP contribution in [0.2, 0.25) is 0 Å². The van der Waals surface area contributed by atoms with Crippen molar-refractivity contribution in [2.45, 2.75) is 51.1 Å². The van der Waals surface area contributed by atoms with Gasteiger partial charge < -0.3 is 9.64 Å². The molecule has 4 rings (SSSR count). The minimum atomic E-state index is 0.357. The molecule has 5 nitrogen and oxygen atoms in total. The van der Waals surface area contributed by atoms with Gasteiger partial charge in [-0.3, -0.25) is 9.69 Å². The molecule has 1 aromatic rings. The number of carbonyl (C=O) groups is 1. The summed E-state index contributed by atoms with van der Waals surface area (Å²) in [5.41, 5.74) is 0.460. The zero-order valence-electron chi connectivity index (χ0n) is 15.2. The Balaban J connectivity index is 1.21. The molecule has 25 heavy (non-hydrogen) atoms. The molecular formula is C19H29N3O2S. The first-order valence-corrected chi connectivity index (χ1v) is 10.5. The van der Waals surface area contributed by atoms with E-state index in [4.69, 9.17) is 4.74 Å². The van der Waals surface area contributed by atoms with Gasteiger partial charge in [-0.15, -0.1) is 11.3 Å². The number of rotatable bonds is 6. The highest BCUT2D eigenvalue weighted by Gasteiger charge is 2.56. The van der Waals surface area contributed by atoms with Crippen molar-refractivity contribution < 1.29 is 9.53 Å². The van der Waals surface area contributed by atoms with E-state index in [9.17, 15) is 4.79 Å². The van der Waals surface area contributed by atoms with E-state index >= 15 is 0 Å². The number of likely N-dealkylation sites (tertiary alicyclic amines) is 1. The number of hydrogen-bond donors (Lipinski definition) is 0. The lowest BCUT2D eigenvalue weighted by atomic mass is 9.92. The van der Waals surface area contributed by atoms with E-state index in [0.29, 0.717) is 29.7 Å². The fourth-order valence-corrected chi connectivity index (χ4v) is 5.32. The highest BCUT2D eigenvalue weighted by molar-refractivity contribution is 7.09. The van der Waals surface area contributed by atoms with Crippen LogP contribution in [0.4, 0.5) is 0 Å². The SMILES string of the molecule is CN(Cc1nccs1)[C@@H]1CC12CCN(C(=O)CC[C@@H]1CCOC1)CC2. The average Bonchev–Trinajstić information content (AvgIpc) is 3.04.